The number of carbonyl (C=O) groups is 1. The van der Waals surface area contributed by atoms with E-state index < -0.39 is 0 Å². The van der Waals surface area contributed by atoms with Crippen LogP contribution in [0.25, 0.3) is 11.5 Å². The van der Waals surface area contributed by atoms with E-state index in [9.17, 15) is 4.79 Å². The number of anilines is 1. The Labute approximate surface area is 111 Å². The molecule has 0 bridgehead atoms. The van der Waals surface area contributed by atoms with E-state index in [0.717, 1.165) is 30.5 Å². The van der Waals surface area contributed by atoms with Gasteiger partial charge in [0, 0.05) is 17.2 Å². The first-order valence-corrected chi connectivity index (χ1v) is 6.44. The lowest BCUT2D eigenvalue weighted by molar-refractivity contribution is -0.122. The van der Waals surface area contributed by atoms with Crippen molar-refractivity contribution in [2.24, 2.45) is 5.92 Å². The molecule has 1 saturated carbocycles. The molecule has 98 valence electrons. The first-order valence-electron chi connectivity index (χ1n) is 6.44. The van der Waals surface area contributed by atoms with Crippen LogP contribution in [-0.2, 0) is 4.79 Å². The molecule has 2 aromatic rings. The van der Waals surface area contributed by atoms with Gasteiger partial charge in [0.15, 0.2) is 5.82 Å². The van der Waals surface area contributed by atoms with Gasteiger partial charge in [-0.25, -0.2) is 0 Å². The van der Waals surface area contributed by atoms with Crippen LogP contribution in [0.4, 0.5) is 5.69 Å². The quantitative estimate of drug-likeness (QED) is 0.918. The molecule has 1 aromatic carbocycles. The number of amides is 1. The predicted octanol–water partition coefficient (Wildman–Crippen LogP) is 2.78. The van der Waals surface area contributed by atoms with Crippen molar-refractivity contribution >= 4 is 11.6 Å². The number of hydrogen-bond donors (Lipinski definition) is 1. The SMILES string of the molecule is Cc1noc(-c2cccc(NC(=O)C3CCC3)c2)n1. The first-order chi connectivity index (χ1) is 9.22. The predicted molar refractivity (Wildman–Crippen MR) is 70.4 cm³/mol. The second kappa shape index (κ2) is 4.84. The van der Waals surface area contributed by atoms with Crippen LogP contribution >= 0.6 is 0 Å². The van der Waals surface area contributed by atoms with E-state index in [0.29, 0.717) is 11.7 Å². The molecular formula is C14H15N3O2. The van der Waals surface area contributed by atoms with Crippen LogP contribution < -0.4 is 5.32 Å². The number of hydrogen-bond acceptors (Lipinski definition) is 4. The summed E-state index contributed by atoms with van der Waals surface area (Å²) < 4.78 is 5.12. The number of aromatic nitrogens is 2. The molecule has 0 saturated heterocycles. The molecule has 0 atom stereocenters. The number of nitrogens with zero attached hydrogens (tertiary/aromatic N) is 2. The van der Waals surface area contributed by atoms with Crippen molar-refractivity contribution in [1.29, 1.82) is 0 Å². The van der Waals surface area contributed by atoms with Crippen molar-refractivity contribution in [2.75, 3.05) is 5.32 Å². The highest BCUT2D eigenvalue weighted by molar-refractivity contribution is 5.93. The average molecular weight is 257 g/mol. The van der Waals surface area contributed by atoms with Crippen molar-refractivity contribution in [3.63, 3.8) is 0 Å². The molecule has 0 radical (unpaired) electrons. The van der Waals surface area contributed by atoms with Gasteiger partial charge in [-0.05, 0) is 38.0 Å². The summed E-state index contributed by atoms with van der Waals surface area (Å²) in [5, 5.41) is 6.69. The fourth-order valence-corrected chi connectivity index (χ4v) is 2.06. The maximum absolute atomic E-state index is 11.9. The second-order valence-electron chi connectivity index (χ2n) is 4.84. The van der Waals surface area contributed by atoms with Gasteiger partial charge in [0.1, 0.15) is 0 Å². The maximum atomic E-state index is 11.9. The topological polar surface area (TPSA) is 68.0 Å². The Hall–Kier alpha value is -2.17. The standard InChI is InChI=1S/C14H15N3O2/c1-9-15-14(19-17-9)11-6-3-7-12(8-11)16-13(18)10-4-2-5-10/h3,6-8,10H,2,4-5H2,1H3,(H,16,18). The fraction of sp³-hybridized carbons (Fsp3) is 0.357. The average Bonchev–Trinajstić information content (AvgIpc) is 2.74. The van der Waals surface area contributed by atoms with Gasteiger partial charge in [0.2, 0.25) is 5.91 Å². The maximum Gasteiger partial charge on any atom is 0.257 e. The second-order valence-corrected chi connectivity index (χ2v) is 4.84. The Balaban J connectivity index is 1.77. The van der Waals surface area contributed by atoms with Gasteiger partial charge in [-0.1, -0.05) is 17.6 Å². The third-order valence-corrected chi connectivity index (χ3v) is 3.38. The van der Waals surface area contributed by atoms with Crippen LogP contribution in [0.5, 0.6) is 0 Å². The summed E-state index contributed by atoms with van der Waals surface area (Å²) in [6, 6.07) is 7.46. The van der Waals surface area contributed by atoms with E-state index in [4.69, 9.17) is 4.52 Å². The Morgan fingerprint density at radius 3 is 2.89 bits per heavy atom. The normalized spacial score (nSPS) is 15.0. The molecule has 1 aliphatic carbocycles. The summed E-state index contributed by atoms with van der Waals surface area (Å²) in [5.74, 6) is 1.34. The molecule has 0 unspecified atom stereocenters. The van der Waals surface area contributed by atoms with Gasteiger partial charge in [-0.3, -0.25) is 4.79 Å². The van der Waals surface area contributed by atoms with Crippen molar-refractivity contribution in [1.82, 2.24) is 10.1 Å². The van der Waals surface area contributed by atoms with Gasteiger partial charge < -0.3 is 9.84 Å². The minimum atomic E-state index is 0.102. The Morgan fingerprint density at radius 1 is 1.42 bits per heavy atom. The number of nitrogens with one attached hydrogen (secondary N) is 1. The summed E-state index contributed by atoms with van der Waals surface area (Å²) in [6.07, 6.45) is 3.14. The Bertz CT molecular complexity index is 602. The highest BCUT2D eigenvalue weighted by Gasteiger charge is 2.25. The molecule has 1 fully saturated rings. The highest BCUT2D eigenvalue weighted by Crippen LogP contribution is 2.28. The molecule has 19 heavy (non-hydrogen) atoms. The Morgan fingerprint density at radius 2 is 2.26 bits per heavy atom. The summed E-state index contributed by atoms with van der Waals surface area (Å²) in [7, 11) is 0. The number of carbonyl (C=O) groups excluding carboxylic acids is 1. The van der Waals surface area contributed by atoms with Crippen molar-refractivity contribution in [3.8, 4) is 11.5 Å². The van der Waals surface area contributed by atoms with E-state index >= 15 is 0 Å². The van der Waals surface area contributed by atoms with Gasteiger partial charge in [-0.2, -0.15) is 4.98 Å². The minimum absolute atomic E-state index is 0.102. The fourth-order valence-electron chi connectivity index (χ4n) is 2.06. The molecule has 1 amide bonds. The number of benzene rings is 1. The third-order valence-electron chi connectivity index (χ3n) is 3.38. The van der Waals surface area contributed by atoms with E-state index in [1.807, 2.05) is 24.3 Å². The smallest absolute Gasteiger partial charge is 0.257 e. The molecule has 1 aromatic heterocycles. The van der Waals surface area contributed by atoms with Crippen LogP contribution in [0.1, 0.15) is 25.1 Å². The van der Waals surface area contributed by atoms with E-state index in [2.05, 4.69) is 15.5 Å². The zero-order valence-corrected chi connectivity index (χ0v) is 10.7. The van der Waals surface area contributed by atoms with Crippen LogP contribution in [-0.4, -0.2) is 16.0 Å². The Kier molecular flexibility index (Phi) is 3.03. The van der Waals surface area contributed by atoms with Crippen LogP contribution in [0, 0.1) is 12.8 Å². The number of aryl methyl sites for hydroxylation is 1. The zero-order valence-electron chi connectivity index (χ0n) is 10.7. The van der Waals surface area contributed by atoms with Crippen LogP contribution in [0.3, 0.4) is 0 Å². The van der Waals surface area contributed by atoms with Crippen molar-refractivity contribution in [2.45, 2.75) is 26.2 Å². The molecule has 5 heteroatoms. The van der Waals surface area contributed by atoms with E-state index in [1.165, 1.54) is 0 Å². The van der Waals surface area contributed by atoms with E-state index in [-0.39, 0.29) is 11.8 Å². The molecule has 0 aliphatic heterocycles. The van der Waals surface area contributed by atoms with Crippen molar-refractivity contribution < 1.29 is 9.32 Å². The molecule has 3 rings (SSSR count). The van der Waals surface area contributed by atoms with E-state index in [1.54, 1.807) is 6.92 Å². The highest BCUT2D eigenvalue weighted by atomic mass is 16.5. The summed E-state index contributed by atoms with van der Waals surface area (Å²) in [4.78, 5) is 16.1. The largest absolute Gasteiger partial charge is 0.334 e. The lowest BCUT2D eigenvalue weighted by Gasteiger charge is -2.24. The van der Waals surface area contributed by atoms with Crippen LogP contribution in [0.2, 0.25) is 0 Å². The molecule has 5 nitrogen and oxygen atoms in total. The van der Waals surface area contributed by atoms with Gasteiger partial charge in [0.05, 0.1) is 0 Å². The first kappa shape index (κ1) is 11.9. The summed E-state index contributed by atoms with van der Waals surface area (Å²) in [5.41, 5.74) is 1.58. The molecule has 1 heterocycles. The van der Waals surface area contributed by atoms with Gasteiger partial charge >= 0.3 is 0 Å². The molecule has 0 spiro atoms. The summed E-state index contributed by atoms with van der Waals surface area (Å²) >= 11 is 0. The van der Waals surface area contributed by atoms with Gasteiger partial charge in [0.25, 0.3) is 5.89 Å². The minimum Gasteiger partial charge on any atom is -0.334 e. The monoisotopic (exact) mass is 257 g/mol. The van der Waals surface area contributed by atoms with Crippen LogP contribution in [0.15, 0.2) is 28.8 Å². The third kappa shape index (κ3) is 2.50. The summed E-state index contributed by atoms with van der Waals surface area (Å²) in [6.45, 7) is 1.77. The molecule has 1 N–H and O–H groups in total. The lowest BCUT2D eigenvalue weighted by Crippen LogP contribution is -2.27. The zero-order chi connectivity index (χ0) is 13.2. The number of rotatable bonds is 3. The van der Waals surface area contributed by atoms with Gasteiger partial charge in [-0.15, -0.1) is 0 Å². The lowest BCUT2D eigenvalue weighted by atomic mass is 9.85. The molecule has 1 aliphatic rings. The molecular weight excluding hydrogens is 242 g/mol. The van der Waals surface area contributed by atoms with Crippen molar-refractivity contribution in [3.05, 3.63) is 30.1 Å².